The third-order valence-corrected chi connectivity index (χ3v) is 6.42. The highest BCUT2D eigenvalue weighted by Crippen LogP contribution is 2.25. The largest absolute Gasteiger partial charge is 0.300 e. The zero-order chi connectivity index (χ0) is 16.4. The molecule has 1 saturated heterocycles. The number of hydrogen-bond donors (Lipinski definition) is 0. The van der Waals surface area contributed by atoms with Gasteiger partial charge >= 0.3 is 0 Å². The van der Waals surface area contributed by atoms with E-state index in [2.05, 4.69) is 51.4 Å². The van der Waals surface area contributed by atoms with Gasteiger partial charge in [-0.1, -0.05) is 24.3 Å². The molecule has 1 aliphatic heterocycles. The molecule has 1 aliphatic carbocycles. The molecule has 2 heterocycles. The number of piperazine rings is 1. The summed E-state index contributed by atoms with van der Waals surface area (Å²) in [5, 5.41) is 3.40. The Bertz CT molecular complexity index is 673. The zero-order valence-corrected chi connectivity index (χ0v) is 15.4. The van der Waals surface area contributed by atoms with Gasteiger partial charge in [-0.2, -0.15) is 0 Å². The maximum Gasteiger partial charge on any atom is 0.0897 e. The van der Waals surface area contributed by atoms with Crippen molar-refractivity contribution in [1.82, 2.24) is 14.8 Å². The fourth-order valence-corrected chi connectivity index (χ4v) is 4.79. The Morgan fingerprint density at radius 2 is 1.92 bits per heavy atom. The molecule has 3 nitrogen and oxygen atoms in total. The Morgan fingerprint density at radius 1 is 1.12 bits per heavy atom. The predicted molar refractivity (Wildman–Crippen MR) is 101 cm³/mol. The van der Waals surface area contributed by atoms with Gasteiger partial charge in [0.2, 0.25) is 0 Å². The summed E-state index contributed by atoms with van der Waals surface area (Å²) in [6.45, 7) is 8.12. The first-order valence-corrected chi connectivity index (χ1v) is 10.1. The molecule has 24 heavy (non-hydrogen) atoms. The van der Waals surface area contributed by atoms with Crippen molar-refractivity contribution >= 4 is 11.3 Å². The van der Waals surface area contributed by atoms with Gasteiger partial charge in [0.15, 0.2) is 0 Å². The maximum atomic E-state index is 4.59. The minimum atomic E-state index is 0.753. The summed E-state index contributed by atoms with van der Waals surface area (Å²) in [5.41, 5.74) is 4.42. The summed E-state index contributed by atoms with van der Waals surface area (Å²) in [6, 6.07) is 9.77. The number of thiazole rings is 1. The van der Waals surface area contributed by atoms with Crippen molar-refractivity contribution in [3.05, 3.63) is 51.5 Å². The van der Waals surface area contributed by atoms with E-state index in [9.17, 15) is 0 Å². The lowest BCUT2D eigenvalue weighted by atomic mass is 9.87. The molecule has 1 atom stereocenters. The van der Waals surface area contributed by atoms with E-state index in [1.165, 1.54) is 56.1 Å². The Labute approximate surface area is 149 Å². The second kappa shape index (κ2) is 7.34. The molecule has 0 bridgehead atoms. The number of benzene rings is 1. The summed E-state index contributed by atoms with van der Waals surface area (Å²) >= 11 is 1.77. The summed E-state index contributed by atoms with van der Waals surface area (Å²) in [7, 11) is 0. The number of fused-ring (bicyclic) bond motifs is 1. The van der Waals surface area contributed by atoms with Gasteiger partial charge in [-0.05, 0) is 37.3 Å². The van der Waals surface area contributed by atoms with Crippen LogP contribution in [0, 0.1) is 6.92 Å². The molecule has 0 spiro atoms. The van der Waals surface area contributed by atoms with E-state index >= 15 is 0 Å². The molecular formula is C20H27N3S. The van der Waals surface area contributed by atoms with Crippen LogP contribution in [-0.4, -0.2) is 53.5 Å². The molecule has 0 saturated carbocycles. The average molecular weight is 342 g/mol. The Kier molecular flexibility index (Phi) is 4.97. The Balaban J connectivity index is 1.26. The van der Waals surface area contributed by atoms with Crippen molar-refractivity contribution in [2.75, 3.05) is 32.7 Å². The normalized spacial score (nSPS) is 22.5. The van der Waals surface area contributed by atoms with Gasteiger partial charge in [0.05, 0.1) is 10.7 Å². The van der Waals surface area contributed by atoms with Crippen LogP contribution in [0.5, 0.6) is 0 Å². The van der Waals surface area contributed by atoms with Crippen molar-refractivity contribution in [2.45, 2.75) is 38.6 Å². The van der Waals surface area contributed by atoms with Crippen molar-refractivity contribution in [3.63, 3.8) is 0 Å². The van der Waals surface area contributed by atoms with Gasteiger partial charge in [0.25, 0.3) is 0 Å². The van der Waals surface area contributed by atoms with Crippen LogP contribution in [0.2, 0.25) is 0 Å². The highest BCUT2D eigenvalue weighted by Gasteiger charge is 2.26. The quantitative estimate of drug-likeness (QED) is 0.851. The van der Waals surface area contributed by atoms with Gasteiger partial charge in [-0.3, -0.25) is 4.90 Å². The lowest BCUT2D eigenvalue weighted by Crippen LogP contribution is -2.52. The van der Waals surface area contributed by atoms with Gasteiger partial charge in [-0.25, -0.2) is 4.98 Å². The Hall–Kier alpha value is -1.23. The summed E-state index contributed by atoms with van der Waals surface area (Å²) < 4.78 is 0. The molecule has 1 fully saturated rings. The molecule has 128 valence electrons. The van der Waals surface area contributed by atoms with Crippen LogP contribution in [0.1, 0.15) is 28.2 Å². The van der Waals surface area contributed by atoms with Crippen molar-refractivity contribution in [3.8, 4) is 0 Å². The smallest absolute Gasteiger partial charge is 0.0897 e. The molecule has 2 aliphatic rings. The minimum Gasteiger partial charge on any atom is -0.300 e. The molecule has 1 aromatic heterocycles. The van der Waals surface area contributed by atoms with Crippen LogP contribution >= 0.6 is 11.3 Å². The van der Waals surface area contributed by atoms with Crippen molar-refractivity contribution in [2.24, 2.45) is 0 Å². The molecule has 4 rings (SSSR count). The van der Waals surface area contributed by atoms with E-state index < -0.39 is 0 Å². The van der Waals surface area contributed by atoms with E-state index in [0.29, 0.717) is 0 Å². The minimum absolute atomic E-state index is 0.753. The molecule has 0 N–H and O–H groups in total. The molecular weight excluding hydrogens is 314 g/mol. The third kappa shape index (κ3) is 3.71. The molecule has 1 aromatic carbocycles. The summed E-state index contributed by atoms with van der Waals surface area (Å²) in [6.07, 6.45) is 4.93. The SMILES string of the molecule is Cc1nc(CCN2CCN(C3CCc4ccccc4C3)CC2)cs1. The monoisotopic (exact) mass is 341 g/mol. The first-order valence-electron chi connectivity index (χ1n) is 9.22. The third-order valence-electron chi connectivity index (χ3n) is 5.59. The van der Waals surface area contributed by atoms with Crippen LogP contribution in [0.15, 0.2) is 29.6 Å². The highest BCUT2D eigenvalue weighted by molar-refractivity contribution is 7.09. The second-order valence-electron chi connectivity index (χ2n) is 7.15. The van der Waals surface area contributed by atoms with E-state index in [1.807, 2.05) is 0 Å². The van der Waals surface area contributed by atoms with Crippen LogP contribution in [0.3, 0.4) is 0 Å². The standard InChI is InChI=1S/C20H27N3S/c1-16-21-19(15-24-16)8-9-22-10-12-23(13-11-22)20-7-6-17-4-2-3-5-18(17)14-20/h2-5,15,20H,6-14H2,1H3. The number of aryl methyl sites for hydroxylation is 2. The summed E-state index contributed by atoms with van der Waals surface area (Å²) in [4.78, 5) is 9.93. The molecule has 0 amide bonds. The number of rotatable bonds is 4. The van der Waals surface area contributed by atoms with E-state index in [1.54, 1.807) is 22.5 Å². The van der Waals surface area contributed by atoms with Crippen LogP contribution in [0.4, 0.5) is 0 Å². The molecule has 0 radical (unpaired) electrons. The maximum absolute atomic E-state index is 4.59. The van der Waals surface area contributed by atoms with Crippen molar-refractivity contribution in [1.29, 1.82) is 0 Å². The molecule has 1 unspecified atom stereocenters. The zero-order valence-electron chi connectivity index (χ0n) is 14.6. The van der Waals surface area contributed by atoms with Gasteiger partial charge < -0.3 is 4.90 Å². The number of nitrogens with zero attached hydrogens (tertiary/aromatic N) is 3. The number of aromatic nitrogens is 1. The van der Waals surface area contributed by atoms with E-state index in [-0.39, 0.29) is 0 Å². The first-order chi connectivity index (χ1) is 11.8. The first kappa shape index (κ1) is 16.2. The van der Waals surface area contributed by atoms with Gasteiger partial charge in [-0.15, -0.1) is 11.3 Å². The molecule has 2 aromatic rings. The van der Waals surface area contributed by atoms with Gasteiger partial charge in [0.1, 0.15) is 0 Å². The predicted octanol–water partition coefficient (Wildman–Crippen LogP) is 3.17. The average Bonchev–Trinajstić information content (AvgIpc) is 3.05. The van der Waals surface area contributed by atoms with Crippen LogP contribution < -0.4 is 0 Å². The molecule has 4 heteroatoms. The van der Waals surface area contributed by atoms with Crippen molar-refractivity contribution < 1.29 is 0 Å². The lowest BCUT2D eigenvalue weighted by Gasteiger charge is -2.41. The second-order valence-corrected chi connectivity index (χ2v) is 8.21. The fourth-order valence-electron chi connectivity index (χ4n) is 4.14. The topological polar surface area (TPSA) is 19.4 Å². The lowest BCUT2D eigenvalue weighted by molar-refractivity contribution is 0.0901. The summed E-state index contributed by atoms with van der Waals surface area (Å²) in [5.74, 6) is 0. The number of hydrogen-bond acceptors (Lipinski definition) is 4. The van der Waals surface area contributed by atoms with E-state index in [0.717, 1.165) is 19.0 Å². The van der Waals surface area contributed by atoms with E-state index in [4.69, 9.17) is 0 Å². The van der Waals surface area contributed by atoms with Crippen LogP contribution in [0.25, 0.3) is 0 Å². The van der Waals surface area contributed by atoms with Gasteiger partial charge in [0, 0.05) is 50.6 Å². The highest BCUT2D eigenvalue weighted by atomic mass is 32.1. The fraction of sp³-hybridized carbons (Fsp3) is 0.550. The Morgan fingerprint density at radius 3 is 2.67 bits per heavy atom. The van der Waals surface area contributed by atoms with Crippen LogP contribution in [-0.2, 0) is 19.3 Å².